The van der Waals surface area contributed by atoms with E-state index in [1.54, 1.807) is 0 Å². The normalized spacial score (nSPS) is 25.3. The molecular formula is C22H25N. The van der Waals surface area contributed by atoms with Crippen molar-refractivity contribution in [2.24, 2.45) is 0 Å². The van der Waals surface area contributed by atoms with E-state index < -0.39 is 0 Å². The van der Waals surface area contributed by atoms with Crippen molar-refractivity contribution in [2.45, 2.75) is 37.6 Å². The van der Waals surface area contributed by atoms with Crippen LogP contribution in [0.3, 0.4) is 0 Å². The molecular weight excluding hydrogens is 278 g/mol. The Bertz CT molecular complexity index is 680. The standard InChI is InChI=1S/C22H25N/c1-17-21-10-6-5-9-20(21)11-12-22(17)23-15-13-19(14-16-23)18-7-3-2-4-8-18/h2-12,17,19,22H,13-16H2,1H3. The van der Waals surface area contributed by atoms with Gasteiger partial charge in [0.15, 0.2) is 0 Å². The van der Waals surface area contributed by atoms with Crippen LogP contribution < -0.4 is 0 Å². The molecule has 0 spiro atoms. The Morgan fingerprint density at radius 1 is 0.870 bits per heavy atom. The molecule has 1 heteroatoms. The minimum atomic E-state index is 0.557. The molecule has 2 aromatic rings. The average Bonchev–Trinajstić information content (AvgIpc) is 2.63. The van der Waals surface area contributed by atoms with Gasteiger partial charge < -0.3 is 0 Å². The van der Waals surface area contributed by atoms with E-state index in [0.29, 0.717) is 12.0 Å². The van der Waals surface area contributed by atoms with E-state index in [-0.39, 0.29) is 0 Å². The fourth-order valence-corrected chi connectivity index (χ4v) is 4.32. The highest BCUT2D eigenvalue weighted by Gasteiger charge is 2.30. The molecule has 0 bridgehead atoms. The molecule has 118 valence electrons. The number of hydrogen-bond acceptors (Lipinski definition) is 1. The van der Waals surface area contributed by atoms with Crippen molar-refractivity contribution in [2.75, 3.05) is 13.1 Å². The lowest BCUT2D eigenvalue weighted by Gasteiger charge is -2.41. The van der Waals surface area contributed by atoms with Crippen LogP contribution in [0.15, 0.2) is 60.7 Å². The van der Waals surface area contributed by atoms with Gasteiger partial charge in [-0.2, -0.15) is 0 Å². The second-order valence-electron chi connectivity index (χ2n) is 6.99. The smallest absolute Gasteiger partial charge is 0.0347 e. The molecule has 1 heterocycles. The highest BCUT2D eigenvalue weighted by Crippen LogP contribution is 2.36. The predicted octanol–water partition coefficient (Wildman–Crippen LogP) is 5.07. The lowest BCUT2D eigenvalue weighted by atomic mass is 9.82. The summed E-state index contributed by atoms with van der Waals surface area (Å²) in [5.74, 6) is 1.33. The lowest BCUT2D eigenvalue weighted by Crippen LogP contribution is -2.43. The van der Waals surface area contributed by atoms with E-state index in [4.69, 9.17) is 0 Å². The number of rotatable bonds is 2. The van der Waals surface area contributed by atoms with Gasteiger partial charge in [0.1, 0.15) is 0 Å². The second-order valence-corrected chi connectivity index (χ2v) is 6.99. The van der Waals surface area contributed by atoms with Gasteiger partial charge in [0.25, 0.3) is 0 Å². The van der Waals surface area contributed by atoms with Crippen molar-refractivity contribution in [3.8, 4) is 0 Å². The fourth-order valence-electron chi connectivity index (χ4n) is 4.32. The van der Waals surface area contributed by atoms with E-state index in [0.717, 1.165) is 5.92 Å². The first-order valence-electron chi connectivity index (χ1n) is 8.89. The molecule has 0 N–H and O–H groups in total. The van der Waals surface area contributed by atoms with Gasteiger partial charge in [-0.25, -0.2) is 0 Å². The largest absolute Gasteiger partial charge is 0.296 e. The zero-order chi connectivity index (χ0) is 15.6. The maximum absolute atomic E-state index is 2.69. The Labute approximate surface area is 139 Å². The maximum atomic E-state index is 2.69. The van der Waals surface area contributed by atoms with Gasteiger partial charge in [-0.1, -0.05) is 73.7 Å². The number of nitrogens with zero attached hydrogens (tertiary/aromatic N) is 1. The van der Waals surface area contributed by atoms with Crippen molar-refractivity contribution in [3.63, 3.8) is 0 Å². The molecule has 4 rings (SSSR count). The first kappa shape index (κ1) is 14.7. The van der Waals surface area contributed by atoms with Gasteiger partial charge in [0.05, 0.1) is 0 Å². The van der Waals surface area contributed by atoms with Gasteiger partial charge in [-0.15, -0.1) is 0 Å². The van der Waals surface area contributed by atoms with E-state index in [2.05, 4.69) is 78.6 Å². The number of benzene rings is 2. The topological polar surface area (TPSA) is 3.24 Å². The summed E-state index contributed by atoms with van der Waals surface area (Å²) in [4.78, 5) is 2.69. The lowest BCUT2D eigenvalue weighted by molar-refractivity contribution is 0.162. The van der Waals surface area contributed by atoms with Gasteiger partial charge in [0, 0.05) is 12.0 Å². The minimum Gasteiger partial charge on any atom is -0.296 e. The molecule has 1 nitrogen and oxygen atoms in total. The zero-order valence-corrected chi connectivity index (χ0v) is 13.9. The zero-order valence-electron chi connectivity index (χ0n) is 13.9. The Balaban J connectivity index is 1.45. The molecule has 0 aromatic heterocycles. The monoisotopic (exact) mass is 303 g/mol. The van der Waals surface area contributed by atoms with Crippen molar-refractivity contribution in [3.05, 3.63) is 77.4 Å². The van der Waals surface area contributed by atoms with Gasteiger partial charge in [-0.05, 0) is 48.5 Å². The quantitative estimate of drug-likeness (QED) is 0.749. The Morgan fingerprint density at radius 3 is 2.35 bits per heavy atom. The molecule has 1 fully saturated rings. The van der Waals surface area contributed by atoms with Crippen LogP contribution in [-0.2, 0) is 0 Å². The minimum absolute atomic E-state index is 0.557. The van der Waals surface area contributed by atoms with Crippen LogP contribution in [0.1, 0.15) is 48.3 Å². The number of likely N-dealkylation sites (tertiary alicyclic amines) is 1. The van der Waals surface area contributed by atoms with Crippen LogP contribution in [0.5, 0.6) is 0 Å². The van der Waals surface area contributed by atoms with Crippen LogP contribution in [0.4, 0.5) is 0 Å². The summed E-state index contributed by atoms with van der Waals surface area (Å²) in [6, 6.07) is 20.4. The van der Waals surface area contributed by atoms with Crippen molar-refractivity contribution >= 4 is 6.08 Å². The molecule has 2 unspecified atom stereocenters. The number of piperidine rings is 1. The molecule has 0 saturated carbocycles. The van der Waals surface area contributed by atoms with Crippen LogP contribution >= 0.6 is 0 Å². The summed E-state index contributed by atoms with van der Waals surface area (Å²) in [6.07, 6.45) is 7.31. The summed E-state index contributed by atoms with van der Waals surface area (Å²) in [6.45, 7) is 4.80. The summed E-state index contributed by atoms with van der Waals surface area (Å²) in [5.41, 5.74) is 4.42. The van der Waals surface area contributed by atoms with Crippen LogP contribution in [0.2, 0.25) is 0 Å². The third kappa shape index (κ3) is 2.86. The third-order valence-electron chi connectivity index (χ3n) is 5.69. The SMILES string of the molecule is CC1c2ccccc2C=CC1N1CCC(c2ccccc2)CC1. The summed E-state index contributed by atoms with van der Waals surface area (Å²) < 4.78 is 0. The number of fused-ring (bicyclic) bond motifs is 1. The molecule has 2 aliphatic rings. The van der Waals surface area contributed by atoms with Crippen molar-refractivity contribution in [1.29, 1.82) is 0 Å². The maximum Gasteiger partial charge on any atom is 0.0347 e. The van der Waals surface area contributed by atoms with Crippen LogP contribution in [0, 0.1) is 0 Å². The van der Waals surface area contributed by atoms with Crippen LogP contribution in [-0.4, -0.2) is 24.0 Å². The highest BCUT2D eigenvalue weighted by molar-refractivity contribution is 5.59. The fraction of sp³-hybridized carbons (Fsp3) is 0.364. The Kier molecular flexibility index (Phi) is 4.05. The van der Waals surface area contributed by atoms with Crippen LogP contribution in [0.25, 0.3) is 6.08 Å². The first-order valence-corrected chi connectivity index (χ1v) is 8.89. The highest BCUT2D eigenvalue weighted by atomic mass is 15.2. The van der Waals surface area contributed by atoms with E-state index in [1.165, 1.54) is 42.6 Å². The molecule has 1 saturated heterocycles. The van der Waals surface area contributed by atoms with Crippen molar-refractivity contribution in [1.82, 2.24) is 4.90 Å². The molecule has 2 aromatic carbocycles. The predicted molar refractivity (Wildman–Crippen MR) is 97.7 cm³/mol. The molecule has 1 aliphatic carbocycles. The molecule has 2 atom stereocenters. The number of hydrogen-bond donors (Lipinski definition) is 0. The van der Waals surface area contributed by atoms with Gasteiger partial charge in [0.2, 0.25) is 0 Å². The van der Waals surface area contributed by atoms with Crippen molar-refractivity contribution < 1.29 is 0 Å². The van der Waals surface area contributed by atoms with E-state index in [9.17, 15) is 0 Å². The second kappa shape index (κ2) is 6.33. The summed E-state index contributed by atoms with van der Waals surface area (Å²) in [5, 5.41) is 0. The average molecular weight is 303 g/mol. The summed E-state index contributed by atoms with van der Waals surface area (Å²) in [7, 11) is 0. The summed E-state index contributed by atoms with van der Waals surface area (Å²) >= 11 is 0. The first-order chi connectivity index (χ1) is 11.3. The Morgan fingerprint density at radius 2 is 1.57 bits per heavy atom. The molecule has 0 radical (unpaired) electrons. The van der Waals surface area contributed by atoms with Gasteiger partial charge in [-0.3, -0.25) is 4.90 Å². The Hall–Kier alpha value is -1.86. The molecule has 23 heavy (non-hydrogen) atoms. The van der Waals surface area contributed by atoms with E-state index >= 15 is 0 Å². The molecule has 0 amide bonds. The van der Waals surface area contributed by atoms with E-state index in [1.807, 2.05) is 0 Å². The van der Waals surface area contributed by atoms with Gasteiger partial charge >= 0.3 is 0 Å². The third-order valence-corrected chi connectivity index (χ3v) is 5.69. The molecule has 1 aliphatic heterocycles.